The molecule has 2 unspecified atom stereocenters. The maximum absolute atomic E-state index is 12.4. The highest BCUT2D eigenvalue weighted by Gasteiger charge is 2.34. The van der Waals surface area contributed by atoms with E-state index in [9.17, 15) is 4.79 Å². The van der Waals surface area contributed by atoms with Gasteiger partial charge in [0.15, 0.2) is 0 Å². The minimum absolute atomic E-state index is 0. The first-order chi connectivity index (χ1) is 8.27. The second-order valence-corrected chi connectivity index (χ2v) is 5.71. The maximum atomic E-state index is 12.4. The zero-order chi connectivity index (χ0) is 11.8. The van der Waals surface area contributed by atoms with Gasteiger partial charge in [0.2, 0.25) is 5.91 Å². The molecule has 0 bridgehead atoms. The number of anilines is 1. The van der Waals surface area contributed by atoms with E-state index in [0.717, 1.165) is 23.9 Å². The van der Waals surface area contributed by atoms with Crippen LogP contribution in [0.5, 0.6) is 0 Å². The van der Waals surface area contributed by atoms with Crippen LogP contribution < -0.4 is 10.2 Å². The van der Waals surface area contributed by atoms with E-state index in [0.29, 0.717) is 5.92 Å². The number of thioether (sulfide) groups is 1. The van der Waals surface area contributed by atoms with E-state index in [2.05, 4.69) is 24.4 Å². The lowest BCUT2D eigenvalue weighted by Gasteiger charge is -2.21. The Hall–Kier alpha value is -0.710. The quantitative estimate of drug-likeness (QED) is 0.858. The van der Waals surface area contributed by atoms with Crippen LogP contribution in [0.2, 0.25) is 0 Å². The Bertz CT molecular complexity index is 448. The predicted molar refractivity (Wildman–Crippen MR) is 78.7 cm³/mol. The number of carbonyl (C=O) groups excluding carboxylic acids is 1. The number of nitrogens with one attached hydrogen (secondary N) is 1. The van der Waals surface area contributed by atoms with Crippen LogP contribution >= 0.6 is 24.2 Å². The summed E-state index contributed by atoms with van der Waals surface area (Å²) in [6.07, 6.45) is 0. The van der Waals surface area contributed by atoms with Gasteiger partial charge in [-0.15, -0.1) is 24.2 Å². The zero-order valence-electron chi connectivity index (χ0n) is 10.3. The molecule has 18 heavy (non-hydrogen) atoms. The molecule has 0 saturated carbocycles. The van der Waals surface area contributed by atoms with E-state index in [1.807, 2.05) is 17.0 Å². The molecule has 0 aliphatic carbocycles. The molecule has 3 rings (SSSR count). The van der Waals surface area contributed by atoms with Crippen LogP contribution in [0.15, 0.2) is 24.3 Å². The van der Waals surface area contributed by atoms with Crippen molar-refractivity contribution in [2.45, 2.75) is 18.9 Å². The number of fused-ring (bicyclic) bond motifs is 1. The van der Waals surface area contributed by atoms with Crippen molar-refractivity contribution in [1.29, 1.82) is 0 Å². The Balaban J connectivity index is 0.00000120. The molecular weight excluding hydrogens is 268 g/mol. The number of nitrogens with zero attached hydrogens (tertiary/aromatic N) is 1. The molecule has 2 atom stereocenters. The summed E-state index contributed by atoms with van der Waals surface area (Å²) in [6, 6.07) is 8.24. The average molecular weight is 285 g/mol. The molecule has 1 fully saturated rings. The Morgan fingerprint density at radius 3 is 2.94 bits per heavy atom. The monoisotopic (exact) mass is 284 g/mol. The lowest BCUT2D eigenvalue weighted by molar-refractivity contribution is -0.119. The first-order valence-corrected chi connectivity index (χ1v) is 7.14. The fraction of sp³-hybridized carbons (Fsp3) is 0.462. The highest BCUT2D eigenvalue weighted by Crippen LogP contribution is 2.36. The molecule has 1 amide bonds. The summed E-state index contributed by atoms with van der Waals surface area (Å²) in [4.78, 5) is 14.4. The van der Waals surface area contributed by atoms with Crippen molar-refractivity contribution >= 4 is 35.8 Å². The summed E-state index contributed by atoms with van der Waals surface area (Å²) in [7, 11) is 0. The maximum Gasteiger partial charge on any atom is 0.245 e. The number of para-hydroxylation sites is 1. The van der Waals surface area contributed by atoms with E-state index < -0.39 is 0 Å². The molecular formula is C13H17ClN2OS. The van der Waals surface area contributed by atoms with Crippen molar-refractivity contribution < 1.29 is 4.79 Å². The van der Waals surface area contributed by atoms with Crippen molar-refractivity contribution in [3.63, 3.8) is 0 Å². The Morgan fingerprint density at radius 2 is 2.22 bits per heavy atom. The summed E-state index contributed by atoms with van der Waals surface area (Å²) in [5, 5.41) is 3.25. The fourth-order valence-corrected chi connectivity index (χ4v) is 3.50. The SMILES string of the molecule is CC1CN(C(=O)C2CSCN2)c2ccccc21.Cl. The van der Waals surface area contributed by atoms with Crippen molar-refractivity contribution in [3.05, 3.63) is 29.8 Å². The van der Waals surface area contributed by atoms with Gasteiger partial charge in [0.25, 0.3) is 0 Å². The molecule has 1 N–H and O–H groups in total. The van der Waals surface area contributed by atoms with Gasteiger partial charge in [-0.3, -0.25) is 10.1 Å². The summed E-state index contributed by atoms with van der Waals surface area (Å²) in [6.45, 7) is 3.00. The minimum Gasteiger partial charge on any atom is -0.310 e. The lowest BCUT2D eigenvalue weighted by atomic mass is 10.0. The fourth-order valence-electron chi connectivity index (χ4n) is 2.57. The van der Waals surface area contributed by atoms with Gasteiger partial charge >= 0.3 is 0 Å². The van der Waals surface area contributed by atoms with Gasteiger partial charge in [0.1, 0.15) is 0 Å². The van der Waals surface area contributed by atoms with Gasteiger partial charge in [-0.1, -0.05) is 25.1 Å². The molecule has 0 radical (unpaired) electrons. The molecule has 1 saturated heterocycles. The number of amides is 1. The van der Waals surface area contributed by atoms with Crippen molar-refractivity contribution in [3.8, 4) is 0 Å². The van der Waals surface area contributed by atoms with E-state index in [4.69, 9.17) is 0 Å². The molecule has 2 heterocycles. The van der Waals surface area contributed by atoms with Gasteiger partial charge in [-0.05, 0) is 11.6 Å². The van der Waals surface area contributed by atoms with Crippen LogP contribution in [0.4, 0.5) is 5.69 Å². The van der Waals surface area contributed by atoms with Crippen LogP contribution in [0.3, 0.4) is 0 Å². The standard InChI is InChI=1S/C13H16N2OS.ClH/c1-9-6-15(12-5-3-2-4-10(9)12)13(16)11-7-17-8-14-11;/h2-5,9,11,14H,6-8H2,1H3;1H. The molecule has 98 valence electrons. The summed E-state index contributed by atoms with van der Waals surface area (Å²) >= 11 is 1.79. The number of hydrogen-bond donors (Lipinski definition) is 1. The molecule has 1 aromatic carbocycles. The van der Waals surface area contributed by atoms with Crippen molar-refractivity contribution in [2.24, 2.45) is 0 Å². The van der Waals surface area contributed by atoms with Crippen LogP contribution in [-0.4, -0.2) is 30.1 Å². The van der Waals surface area contributed by atoms with Gasteiger partial charge in [0.05, 0.1) is 6.04 Å². The molecule has 2 aliphatic rings. The molecule has 0 spiro atoms. The molecule has 2 aliphatic heterocycles. The minimum atomic E-state index is -0.00152. The first-order valence-electron chi connectivity index (χ1n) is 5.99. The topological polar surface area (TPSA) is 32.3 Å². The molecule has 3 nitrogen and oxygen atoms in total. The van der Waals surface area contributed by atoms with Gasteiger partial charge in [-0.2, -0.15) is 0 Å². The van der Waals surface area contributed by atoms with E-state index in [1.54, 1.807) is 11.8 Å². The van der Waals surface area contributed by atoms with Crippen molar-refractivity contribution in [1.82, 2.24) is 5.32 Å². The molecule has 1 aromatic rings. The normalized spacial score (nSPS) is 25.7. The van der Waals surface area contributed by atoms with E-state index >= 15 is 0 Å². The van der Waals surface area contributed by atoms with Gasteiger partial charge in [0, 0.05) is 29.8 Å². The lowest BCUT2D eigenvalue weighted by Crippen LogP contribution is -2.44. The van der Waals surface area contributed by atoms with Crippen LogP contribution in [-0.2, 0) is 4.79 Å². The predicted octanol–water partition coefficient (Wildman–Crippen LogP) is 2.22. The summed E-state index contributed by atoms with van der Waals surface area (Å²) in [5.41, 5.74) is 2.40. The van der Waals surface area contributed by atoms with Crippen molar-refractivity contribution in [2.75, 3.05) is 23.1 Å². The number of carbonyl (C=O) groups is 1. The number of halogens is 1. The third kappa shape index (κ3) is 2.25. The third-order valence-corrected chi connectivity index (χ3v) is 4.44. The number of benzene rings is 1. The summed E-state index contributed by atoms with van der Waals surface area (Å²) < 4.78 is 0. The van der Waals surface area contributed by atoms with E-state index in [-0.39, 0.29) is 24.4 Å². The van der Waals surface area contributed by atoms with Crippen LogP contribution in [0.25, 0.3) is 0 Å². The highest BCUT2D eigenvalue weighted by atomic mass is 35.5. The van der Waals surface area contributed by atoms with Crippen LogP contribution in [0.1, 0.15) is 18.4 Å². The zero-order valence-corrected chi connectivity index (χ0v) is 11.9. The summed E-state index contributed by atoms with van der Waals surface area (Å²) in [5.74, 6) is 2.46. The van der Waals surface area contributed by atoms with Gasteiger partial charge < -0.3 is 4.90 Å². The second kappa shape index (κ2) is 5.51. The molecule has 0 aromatic heterocycles. The van der Waals surface area contributed by atoms with Crippen LogP contribution in [0, 0.1) is 0 Å². The second-order valence-electron chi connectivity index (χ2n) is 4.68. The Morgan fingerprint density at radius 1 is 1.44 bits per heavy atom. The largest absolute Gasteiger partial charge is 0.310 e. The van der Waals surface area contributed by atoms with Gasteiger partial charge in [-0.25, -0.2) is 0 Å². The average Bonchev–Trinajstić information content (AvgIpc) is 2.97. The Kier molecular flexibility index (Phi) is 4.20. The smallest absolute Gasteiger partial charge is 0.245 e. The molecule has 5 heteroatoms. The number of rotatable bonds is 1. The number of hydrogen-bond acceptors (Lipinski definition) is 3. The Labute approximate surface area is 118 Å². The van der Waals surface area contributed by atoms with E-state index in [1.165, 1.54) is 5.56 Å². The highest BCUT2D eigenvalue weighted by molar-refractivity contribution is 7.99. The first kappa shape index (κ1) is 13.7. The third-order valence-electron chi connectivity index (χ3n) is 3.50.